The number of ether oxygens (including phenoxy) is 3. The van der Waals surface area contributed by atoms with Gasteiger partial charge in [-0.25, -0.2) is 0 Å². The summed E-state index contributed by atoms with van der Waals surface area (Å²) in [7, 11) is 4.89. The van der Waals surface area contributed by atoms with Crippen LogP contribution in [0.25, 0.3) is 0 Å². The monoisotopic (exact) mass is 267 g/mol. The molecule has 4 nitrogen and oxygen atoms in total. The molecule has 0 radical (unpaired) electrons. The minimum atomic E-state index is 0.118. The van der Waals surface area contributed by atoms with Crippen molar-refractivity contribution >= 4 is 0 Å². The van der Waals surface area contributed by atoms with E-state index in [2.05, 4.69) is 13.8 Å². The maximum Gasteiger partial charge on any atom is 0.164 e. The molecule has 0 saturated carbocycles. The Hall–Kier alpha value is -1.42. The van der Waals surface area contributed by atoms with E-state index >= 15 is 0 Å². The molecule has 0 bridgehead atoms. The van der Waals surface area contributed by atoms with Crippen molar-refractivity contribution in [1.29, 1.82) is 0 Å². The van der Waals surface area contributed by atoms with Gasteiger partial charge in [0.05, 0.1) is 21.3 Å². The van der Waals surface area contributed by atoms with Crippen LogP contribution >= 0.6 is 0 Å². The van der Waals surface area contributed by atoms with E-state index in [4.69, 9.17) is 19.9 Å². The van der Waals surface area contributed by atoms with Gasteiger partial charge in [-0.3, -0.25) is 0 Å². The molecule has 0 spiro atoms. The summed E-state index contributed by atoms with van der Waals surface area (Å²) in [4.78, 5) is 0. The van der Waals surface area contributed by atoms with E-state index in [-0.39, 0.29) is 6.04 Å². The fourth-order valence-electron chi connectivity index (χ4n) is 2.22. The summed E-state index contributed by atoms with van der Waals surface area (Å²) in [6, 6.07) is 3.90. The highest BCUT2D eigenvalue weighted by Gasteiger charge is 2.15. The highest BCUT2D eigenvalue weighted by molar-refractivity contribution is 5.51. The summed E-state index contributed by atoms with van der Waals surface area (Å²) in [5.74, 6) is 2.74. The Morgan fingerprint density at radius 3 is 1.95 bits per heavy atom. The van der Waals surface area contributed by atoms with Gasteiger partial charge < -0.3 is 19.9 Å². The third-order valence-corrected chi connectivity index (χ3v) is 3.04. The molecule has 0 fully saturated rings. The number of rotatable bonds is 7. The van der Waals surface area contributed by atoms with Crippen LogP contribution in [0.1, 0.15) is 25.8 Å². The zero-order chi connectivity index (χ0) is 14.4. The predicted molar refractivity (Wildman–Crippen MR) is 77.2 cm³/mol. The van der Waals surface area contributed by atoms with Gasteiger partial charge in [0, 0.05) is 12.1 Å². The molecule has 2 N–H and O–H groups in total. The molecule has 0 aliphatic rings. The maximum absolute atomic E-state index is 6.16. The van der Waals surface area contributed by atoms with Gasteiger partial charge in [0.1, 0.15) is 5.75 Å². The van der Waals surface area contributed by atoms with Gasteiger partial charge in [0.25, 0.3) is 0 Å². The number of methoxy groups -OCH3 is 3. The molecule has 1 rings (SSSR count). The SMILES string of the molecule is COc1cc(OC)c(OC)cc1CC(N)CC(C)C. The van der Waals surface area contributed by atoms with Gasteiger partial charge in [-0.05, 0) is 30.4 Å². The summed E-state index contributed by atoms with van der Waals surface area (Å²) in [5.41, 5.74) is 7.21. The Morgan fingerprint density at radius 2 is 1.47 bits per heavy atom. The molecular formula is C15H25NO3. The average Bonchev–Trinajstić information content (AvgIpc) is 2.37. The Bertz CT molecular complexity index is 405. The first-order valence-electron chi connectivity index (χ1n) is 6.56. The Morgan fingerprint density at radius 1 is 0.947 bits per heavy atom. The molecule has 0 aliphatic carbocycles. The molecule has 1 aromatic carbocycles. The summed E-state index contributed by atoms with van der Waals surface area (Å²) < 4.78 is 16.0. The van der Waals surface area contributed by atoms with Gasteiger partial charge in [-0.1, -0.05) is 13.8 Å². The van der Waals surface area contributed by atoms with Crippen molar-refractivity contribution in [2.24, 2.45) is 11.7 Å². The van der Waals surface area contributed by atoms with Crippen LogP contribution in [-0.2, 0) is 6.42 Å². The molecule has 108 valence electrons. The second-order valence-electron chi connectivity index (χ2n) is 5.11. The molecule has 0 aliphatic heterocycles. The topological polar surface area (TPSA) is 53.7 Å². The van der Waals surface area contributed by atoms with Gasteiger partial charge >= 0.3 is 0 Å². The summed E-state index contributed by atoms with van der Waals surface area (Å²) in [6.45, 7) is 4.34. The molecule has 1 aromatic rings. The largest absolute Gasteiger partial charge is 0.496 e. The fraction of sp³-hybridized carbons (Fsp3) is 0.600. The first kappa shape index (κ1) is 15.6. The van der Waals surface area contributed by atoms with E-state index in [9.17, 15) is 0 Å². The summed E-state index contributed by atoms with van der Waals surface area (Å²) >= 11 is 0. The zero-order valence-corrected chi connectivity index (χ0v) is 12.5. The van der Waals surface area contributed by atoms with E-state index in [1.165, 1.54) is 0 Å². The smallest absolute Gasteiger partial charge is 0.164 e. The van der Waals surface area contributed by atoms with Crippen molar-refractivity contribution in [2.75, 3.05) is 21.3 Å². The molecular weight excluding hydrogens is 242 g/mol. The highest BCUT2D eigenvalue weighted by Crippen LogP contribution is 2.35. The summed E-state index contributed by atoms with van der Waals surface area (Å²) in [5, 5.41) is 0. The van der Waals surface area contributed by atoms with Gasteiger partial charge in [-0.15, -0.1) is 0 Å². The maximum atomic E-state index is 6.16. The molecule has 0 saturated heterocycles. The van der Waals surface area contributed by atoms with Gasteiger partial charge in [-0.2, -0.15) is 0 Å². The molecule has 0 amide bonds. The third kappa shape index (κ3) is 4.31. The van der Waals surface area contributed by atoms with Crippen LogP contribution in [0, 0.1) is 5.92 Å². The van der Waals surface area contributed by atoms with Crippen molar-refractivity contribution in [3.05, 3.63) is 17.7 Å². The minimum Gasteiger partial charge on any atom is -0.496 e. The molecule has 1 unspecified atom stereocenters. The highest BCUT2D eigenvalue weighted by atomic mass is 16.5. The standard InChI is InChI=1S/C15H25NO3/c1-10(2)6-12(16)7-11-8-14(18-4)15(19-5)9-13(11)17-3/h8-10,12H,6-7,16H2,1-5H3. The van der Waals surface area contributed by atoms with E-state index in [1.807, 2.05) is 12.1 Å². The number of hydrogen-bond acceptors (Lipinski definition) is 4. The molecule has 19 heavy (non-hydrogen) atoms. The van der Waals surface area contributed by atoms with Crippen LogP contribution in [0.3, 0.4) is 0 Å². The second kappa shape index (κ2) is 7.24. The van der Waals surface area contributed by atoms with Crippen molar-refractivity contribution in [1.82, 2.24) is 0 Å². The van der Waals surface area contributed by atoms with Crippen LogP contribution in [0.4, 0.5) is 0 Å². The molecule has 0 aromatic heterocycles. The molecule has 0 heterocycles. The van der Waals surface area contributed by atoms with Gasteiger partial charge in [0.15, 0.2) is 11.5 Å². The lowest BCUT2D eigenvalue weighted by Gasteiger charge is -2.18. The molecule has 4 heteroatoms. The van der Waals surface area contributed by atoms with E-state index < -0.39 is 0 Å². The number of nitrogens with two attached hydrogens (primary N) is 1. The number of hydrogen-bond donors (Lipinski definition) is 1. The fourth-order valence-corrected chi connectivity index (χ4v) is 2.22. The lowest BCUT2D eigenvalue weighted by atomic mass is 9.97. The van der Waals surface area contributed by atoms with Crippen molar-refractivity contribution in [3.8, 4) is 17.2 Å². The lowest BCUT2D eigenvalue weighted by molar-refractivity contribution is 0.346. The van der Waals surface area contributed by atoms with Gasteiger partial charge in [0.2, 0.25) is 0 Å². The third-order valence-electron chi connectivity index (χ3n) is 3.04. The molecule has 1 atom stereocenters. The average molecular weight is 267 g/mol. The van der Waals surface area contributed by atoms with Crippen LogP contribution in [0.15, 0.2) is 12.1 Å². The van der Waals surface area contributed by atoms with Crippen molar-refractivity contribution < 1.29 is 14.2 Å². The minimum absolute atomic E-state index is 0.118. The Kier molecular flexibility index (Phi) is 5.96. The van der Waals surface area contributed by atoms with E-state index in [0.717, 1.165) is 24.2 Å². The van der Waals surface area contributed by atoms with Crippen LogP contribution in [-0.4, -0.2) is 27.4 Å². The number of benzene rings is 1. The van der Waals surface area contributed by atoms with Crippen LogP contribution in [0.2, 0.25) is 0 Å². The van der Waals surface area contributed by atoms with Crippen molar-refractivity contribution in [3.63, 3.8) is 0 Å². The quantitative estimate of drug-likeness (QED) is 0.825. The normalized spacial score (nSPS) is 12.4. The Balaban J connectivity index is 2.98. The zero-order valence-electron chi connectivity index (χ0n) is 12.5. The van der Waals surface area contributed by atoms with E-state index in [0.29, 0.717) is 17.4 Å². The first-order valence-corrected chi connectivity index (χ1v) is 6.56. The lowest BCUT2D eigenvalue weighted by Crippen LogP contribution is -2.25. The van der Waals surface area contributed by atoms with Crippen molar-refractivity contribution in [2.45, 2.75) is 32.7 Å². The second-order valence-corrected chi connectivity index (χ2v) is 5.11. The Labute approximate surface area is 115 Å². The summed E-state index contributed by atoms with van der Waals surface area (Å²) in [6.07, 6.45) is 1.75. The van der Waals surface area contributed by atoms with Crippen LogP contribution < -0.4 is 19.9 Å². The van der Waals surface area contributed by atoms with E-state index in [1.54, 1.807) is 21.3 Å². The predicted octanol–water partition coefficient (Wildman–Crippen LogP) is 2.63. The van der Waals surface area contributed by atoms with Crippen LogP contribution in [0.5, 0.6) is 17.2 Å². The first-order chi connectivity index (χ1) is 9.01.